The Balaban J connectivity index is 2.06. The van der Waals surface area contributed by atoms with E-state index < -0.39 is 11.6 Å². The van der Waals surface area contributed by atoms with Crippen LogP contribution in [-0.2, 0) is 6.54 Å². The second-order valence-corrected chi connectivity index (χ2v) is 6.41. The van der Waals surface area contributed by atoms with Crippen molar-refractivity contribution >= 4 is 17.9 Å². The van der Waals surface area contributed by atoms with Crippen LogP contribution in [0.15, 0.2) is 35.3 Å². The minimum atomic E-state index is -0.803. The number of hydrogen-bond donors (Lipinski definition) is 7. The van der Waals surface area contributed by atoms with Crippen LogP contribution in [0.2, 0.25) is 0 Å². The first-order valence-electron chi connectivity index (χ1n) is 9.15. The van der Waals surface area contributed by atoms with E-state index in [-0.39, 0.29) is 11.9 Å². The number of urea groups is 1. The molecule has 1 aromatic heterocycles. The quantitative estimate of drug-likeness (QED) is 0.207. The van der Waals surface area contributed by atoms with Crippen LogP contribution in [0.3, 0.4) is 0 Å². The summed E-state index contributed by atoms with van der Waals surface area (Å²) in [6.45, 7) is 3.43. The molecule has 0 aliphatic carbocycles. The Morgan fingerprint density at radius 3 is 2.52 bits per heavy atom. The third-order valence-electron chi connectivity index (χ3n) is 4.13. The number of anilines is 1. The van der Waals surface area contributed by atoms with Gasteiger partial charge in [-0.15, -0.1) is 0 Å². The summed E-state index contributed by atoms with van der Waals surface area (Å²) in [4.78, 5) is 31.8. The van der Waals surface area contributed by atoms with E-state index in [9.17, 15) is 9.59 Å². The van der Waals surface area contributed by atoms with Gasteiger partial charge in [0.25, 0.3) is 5.56 Å². The third kappa shape index (κ3) is 7.24. The molecule has 2 rings (SSSR count). The van der Waals surface area contributed by atoms with E-state index in [1.54, 1.807) is 0 Å². The van der Waals surface area contributed by atoms with Gasteiger partial charge in [0.2, 0.25) is 5.95 Å². The second-order valence-electron chi connectivity index (χ2n) is 6.41. The molecular formula is C18H27N9O2. The Kier molecular flexibility index (Phi) is 8.12. The van der Waals surface area contributed by atoms with Gasteiger partial charge in [-0.1, -0.05) is 24.3 Å². The van der Waals surface area contributed by atoms with Crippen LogP contribution in [0.4, 0.5) is 10.7 Å². The number of hydrogen-bond acceptors (Lipinski definition) is 6. The van der Waals surface area contributed by atoms with E-state index in [0.29, 0.717) is 30.8 Å². The van der Waals surface area contributed by atoms with Crippen LogP contribution in [0, 0.1) is 5.41 Å². The number of amides is 2. The maximum atomic E-state index is 12.2. The summed E-state index contributed by atoms with van der Waals surface area (Å²) >= 11 is 0. The molecule has 0 atom stereocenters. The normalized spacial score (nSPS) is 10.7. The van der Waals surface area contributed by atoms with Gasteiger partial charge in [0, 0.05) is 25.8 Å². The standard InChI is InChI=1S/C18H27N9O2/c19-6-1-8-27(9-7-23-16(20)21)11-12-2-4-13(5-3-12)14-10-24-18(25-15(14)28)26-17(22)29/h2-5,10H,1,6-9,11,19H2,(H4,20,21,23)(H4,22,24,25,26,28,29). The molecule has 1 aromatic carbocycles. The number of aromatic nitrogens is 2. The first kappa shape index (κ1) is 21.9. The van der Waals surface area contributed by atoms with Gasteiger partial charge in [-0.25, -0.2) is 4.79 Å². The number of carbonyl (C=O) groups excluding carboxylic acids is 1. The molecule has 2 aromatic rings. The van der Waals surface area contributed by atoms with Gasteiger partial charge in [-0.3, -0.25) is 20.4 Å². The smallest absolute Gasteiger partial charge is 0.318 e. The van der Waals surface area contributed by atoms with Crippen molar-refractivity contribution in [3.05, 3.63) is 46.4 Å². The molecule has 0 bridgehead atoms. The van der Waals surface area contributed by atoms with Crippen molar-refractivity contribution in [3.63, 3.8) is 0 Å². The van der Waals surface area contributed by atoms with Crippen LogP contribution in [0.25, 0.3) is 11.1 Å². The number of nitrogens with zero attached hydrogens (tertiary/aromatic N) is 2. The lowest BCUT2D eigenvalue weighted by atomic mass is 10.1. The number of aromatic amines is 1. The Labute approximate surface area is 168 Å². The molecule has 11 nitrogen and oxygen atoms in total. The van der Waals surface area contributed by atoms with Crippen molar-refractivity contribution in [2.24, 2.45) is 17.2 Å². The fourth-order valence-corrected chi connectivity index (χ4v) is 2.77. The van der Waals surface area contributed by atoms with Crippen molar-refractivity contribution in [1.82, 2.24) is 20.2 Å². The minimum absolute atomic E-state index is 0.00224. The maximum absolute atomic E-state index is 12.2. The van der Waals surface area contributed by atoms with Crippen molar-refractivity contribution < 1.29 is 4.79 Å². The number of nitrogens with one attached hydrogen (secondary N) is 4. The molecule has 10 N–H and O–H groups in total. The van der Waals surface area contributed by atoms with Gasteiger partial charge in [0.15, 0.2) is 5.96 Å². The van der Waals surface area contributed by atoms with Crippen molar-refractivity contribution in [1.29, 1.82) is 5.41 Å². The zero-order valence-electron chi connectivity index (χ0n) is 16.1. The lowest BCUT2D eigenvalue weighted by Crippen LogP contribution is -2.38. The van der Waals surface area contributed by atoms with E-state index in [1.807, 2.05) is 24.3 Å². The summed E-state index contributed by atoms with van der Waals surface area (Å²) in [5, 5.41) is 12.3. The number of carbonyl (C=O) groups is 1. The minimum Gasteiger partial charge on any atom is -0.370 e. The summed E-state index contributed by atoms with van der Waals surface area (Å²) in [6, 6.07) is 6.77. The van der Waals surface area contributed by atoms with Gasteiger partial charge in [0.1, 0.15) is 0 Å². The molecule has 29 heavy (non-hydrogen) atoms. The van der Waals surface area contributed by atoms with Crippen LogP contribution in [0.1, 0.15) is 12.0 Å². The molecule has 11 heteroatoms. The number of guanidine groups is 1. The lowest BCUT2D eigenvalue weighted by molar-refractivity contribution is 0.259. The highest BCUT2D eigenvalue weighted by Crippen LogP contribution is 2.17. The fraction of sp³-hybridized carbons (Fsp3) is 0.333. The van der Waals surface area contributed by atoms with Crippen molar-refractivity contribution in [2.45, 2.75) is 13.0 Å². The molecule has 0 spiro atoms. The van der Waals surface area contributed by atoms with Crippen molar-refractivity contribution in [3.8, 4) is 11.1 Å². The summed E-state index contributed by atoms with van der Waals surface area (Å²) < 4.78 is 0. The molecule has 0 unspecified atom stereocenters. The van der Waals surface area contributed by atoms with Crippen LogP contribution >= 0.6 is 0 Å². The topological polar surface area (TPSA) is 192 Å². The molecule has 156 valence electrons. The fourth-order valence-electron chi connectivity index (χ4n) is 2.77. The van der Waals surface area contributed by atoms with Crippen LogP contribution in [0.5, 0.6) is 0 Å². The Morgan fingerprint density at radius 1 is 1.21 bits per heavy atom. The molecule has 0 fully saturated rings. The van der Waals surface area contributed by atoms with Crippen LogP contribution in [-0.4, -0.2) is 53.0 Å². The van der Waals surface area contributed by atoms with Gasteiger partial charge >= 0.3 is 6.03 Å². The molecule has 0 radical (unpaired) electrons. The largest absolute Gasteiger partial charge is 0.370 e. The predicted molar refractivity (Wildman–Crippen MR) is 112 cm³/mol. The van der Waals surface area contributed by atoms with Gasteiger partial charge < -0.3 is 27.5 Å². The Morgan fingerprint density at radius 2 is 1.93 bits per heavy atom. The summed E-state index contributed by atoms with van der Waals surface area (Å²) in [5.74, 6) is -0.0541. The second kappa shape index (κ2) is 10.8. The Hall–Kier alpha value is -3.44. The summed E-state index contributed by atoms with van der Waals surface area (Å²) in [7, 11) is 0. The molecular weight excluding hydrogens is 374 g/mol. The average Bonchev–Trinajstić information content (AvgIpc) is 2.66. The zero-order chi connectivity index (χ0) is 21.2. The first-order valence-corrected chi connectivity index (χ1v) is 9.15. The molecule has 0 saturated heterocycles. The molecule has 1 heterocycles. The number of nitrogens with two attached hydrogens (primary N) is 3. The highest BCUT2D eigenvalue weighted by Gasteiger charge is 2.09. The number of H-pyrrole nitrogens is 1. The maximum Gasteiger partial charge on any atom is 0.318 e. The van der Waals surface area contributed by atoms with E-state index in [2.05, 4.69) is 25.5 Å². The number of primary amides is 1. The van der Waals surface area contributed by atoms with Gasteiger partial charge in [-0.05, 0) is 30.6 Å². The van der Waals surface area contributed by atoms with E-state index >= 15 is 0 Å². The summed E-state index contributed by atoms with van der Waals surface area (Å²) in [6.07, 6.45) is 2.35. The molecule has 0 saturated carbocycles. The van der Waals surface area contributed by atoms with Gasteiger partial charge in [-0.2, -0.15) is 4.98 Å². The number of benzene rings is 1. The van der Waals surface area contributed by atoms with Crippen LogP contribution < -0.4 is 33.4 Å². The van der Waals surface area contributed by atoms with E-state index in [4.69, 9.17) is 22.6 Å². The lowest BCUT2D eigenvalue weighted by Gasteiger charge is -2.22. The monoisotopic (exact) mass is 401 g/mol. The summed E-state index contributed by atoms with van der Waals surface area (Å²) in [5.41, 5.74) is 17.6. The van der Waals surface area contributed by atoms with Gasteiger partial charge in [0.05, 0.1) is 5.56 Å². The molecule has 0 aliphatic heterocycles. The molecule has 0 aliphatic rings. The first-order chi connectivity index (χ1) is 13.9. The van der Waals surface area contributed by atoms with Crippen molar-refractivity contribution in [2.75, 3.05) is 31.5 Å². The molecule has 2 amide bonds. The highest BCUT2D eigenvalue weighted by atomic mass is 16.2. The average molecular weight is 401 g/mol. The van der Waals surface area contributed by atoms with E-state index in [1.165, 1.54) is 6.20 Å². The van der Waals surface area contributed by atoms with E-state index in [0.717, 1.165) is 25.1 Å². The Bertz CT molecular complexity index is 880. The number of rotatable bonds is 10. The zero-order valence-corrected chi connectivity index (χ0v) is 16.1. The predicted octanol–water partition coefficient (Wildman–Crippen LogP) is -0.439. The SMILES string of the molecule is N=C(N)NCCN(CCCN)Cc1ccc(-c2c[nH]c(NC(N)=O)nc2=O)cc1. The highest BCUT2D eigenvalue weighted by molar-refractivity contribution is 5.85. The third-order valence-corrected chi connectivity index (χ3v) is 4.13.